The molecule has 1 atom stereocenters. The van der Waals surface area contributed by atoms with Crippen molar-refractivity contribution < 1.29 is 9.59 Å². The summed E-state index contributed by atoms with van der Waals surface area (Å²) in [5.41, 5.74) is 3.46. The van der Waals surface area contributed by atoms with E-state index in [4.69, 9.17) is 0 Å². The van der Waals surface area contributed by atoms with E-state index >= 15 is 0 Å². The molecule has 0 unspecified atom stereocenters. The molecule has 30 heavy (non-hydrogen) atoms. The van der Waals surface area contributed by atoms with Gasteiger partial charge in [0.15, 0.2) is 0 Å². The van der Waals surface area contributed by atoms with E-state index in [1.807, 2.05) is 70.7 Å². The zero-order valence-corrected chi connectivity index (χ0v) is 17.0. The maximum Gasteiger partial charge on any atom is 0.264 e. The second-order valence-corrected chi connectivity index (χ2v) is 8.24. The Kier molecular flexibility index (Phi) is 4.80. The van der Waals surface area contributed by atoms with Crippen LogP contribution in [-0.2, 0) is 4.79 Å². The van der Waals surface area contributed by atoms with E-state index in [2.05, 4.69) is 10.3 Å². The molecule has 1 aliphatic heterocycles. The zero-order valence-electron chi connectivity index (χ0n) is 16.2. The fourth-order valence-corrected chi connectivity index (χ4v) is 4.53. The van der Waals surface area contributed by atoms with Gasteiger partial charge in [-0.25, -0.2) is 4.98 Å². The molecule has 0 spiro atoms. The third kappa shape index (κ3) is 3.48. The van der Waals surface area contributed by atoms with Crippen LogP contribution in [0.25, 0.3) is 16.9 Å². The van der Waals surface area contributed by atoms with Crippen molar-refractivity contribution in [2.75, 3.05) is 11.9 Å². The van der Waals surface area contributed by atoms with E-state index in [0.29, 0.717) is 23.5 Å². The summed E-state index contributed by atoms with van der Waals surface area (Å²) in [5, 5.41) is 4.84. The van der Waals surface area contributed by atoms with Crippen molar-refractivity contribution >= 4 is 34.5 Å². The molecular weight excluding hydrogens is 396 g/mol. The molecule has 1 fully saturated rings. The first-order valence-electron chi connectivity index (χ1n) is 9.88. The second-order valence-electron chi connectivity index (χ2n) is 7.29. The molecule has 1 N–H and O–H groups in total. The number of amides is 2. The van der Waals surface area contributed by atoms with Crippen LogP contribution in [0, 0.1) is 0 Å². The van der Waals surface area contributed by atoms with E-state index in [-0.39, 0.29) is 11.8 Å². The summed E-state index contributed by atoms with van der Waals surface area (Å²) in [5.74, 6) is -0.206. The molecule has 5 rings (SSSR count). The third-order valence-electron chi connectivity index (χ3n) is 5.36. The maximum absolute atomic E-state index is 12.9. The summed E-state index contributed by atoms with van der Waals surface area (Å²) in [6.07, 6.45) is 5.46. The van der Waals surface area contributed by atoms with Crippen molar-refractivity contribution in [2.45, 2.75) is 18.9 Å². The molecule has 1 aromatic carbocycles. The van der Waals surface area contributed by atoms with Crippen molar-refractivity contribution in [1.82, 2.24) is 14.3 Å². The monoisotopic (exact) mass is 416 g/mol. The van der Waals surface area contributed by atoms with E-state index in [1.165, 1.54) is 11.3 Å². The van der Waals surface area contributed by atoms with Gasteiger partial charge in [-0.15, -0.1) is 11.3 Å². The number of anilines is 1. The van der Waals surface area contributed by atoms with Crippen LogP contribution in [0.15, 0.2) is 72.4 Å². The Balaban J connectivity index is 1.29. The van der Waals surface area contributed by atoms with Gasteiger partial charge in [0.25, 0.3) is 5.91 Å². The highest BCUT2D eigenvalue weighted by Gasteiger charge is 2.34. The number of aromatic nitrogens is 2. The summed E-state index contributed by atoms with van der Waals surface area (Å²) < 4.78 is 1.98. The molecule has 0 bridgehead atoms. The number of nitrogens with one attached hydrogen (secondary N) is 1. The quantitative estimate of drug-likeness (QED) is 0.539. The van der Waals surface area contributed by atoms with Crippen molar-refractivity contribution in [2.24, 2.45) is 0 Å². The van der Waals surface area contributed by atoms with Gasteiger partial charge in [-0.05, 0) is 48.6 Å². The smallest absolute Gasteiger partial charge is 0.264 e. The van der Waals surface area contributed by atoms with Crippen LogP contribution in [0.5, 0.6) is 0 Å². The number of nitrogens with zero attached hydrogens (tertiary/aromatic N) is 3. The molecule has 0 saturated carbocycles. The third-order valence-corrected chi connectivity index (χ3v) is 6.22. The fourth-order valence-electron chi connectivity index (χ4n) is 3.85. The van der Waals surface area contributed by atoms with Crippen LogP contribution in [0.3, 0.4) is 0 Å². The normalized spacial score (nSPS) is 16.1. The van der Waals surface area contributed by atoms with Crippen LogP contribution < -0.4 is 5.32 Å². The van der Waals surface area contributed by atoms with Gasteiger partial charge in [0.2, 0.25) is 5.91 Å². The summed E-state index contributed by atoms with van der Waals surface area (Å²) in [7, 11) is 0. The first kappa shape index (κ1) is 18.6. The van der Waals surface area contributed by atoms with Gasteiger partial charge in [-0.2, -0.15) is 0 Å². The van der Waals surface area contributed by atoms with Gasteiger partial charge in [-0.3, -0.25) is 9.59 Å². The minimum absolute atomic E-state index is 0.0650. The number of benzene rings is 1. The van der Waals surface area contributed by atoms with Crippen LogP contribution in [-0.4, -0.2) is 38.7 Å². The number of fused-ring (bicyclic) bond motifs is 1. The number of rotatable bonds is 4. The topological polar surface area (TPSA) is 66.7 Å². The van der Waals surface area contributed by atoms with Crippen molar-refractivity contribution in [3.8, 4) is 11.3 Å². The standard InChI is InChI=1S/C23H20N4O2S/c28-22(19-5-3-13-27(19)23(29)20-6-4-14-30-20)24-17-10-8-16(9-11-17)18-15-26-12-2-1-7-21(26)25-18/h1-2,4,6-12,14-15,19H,3,5,13H2,(H,24,28)/t19-/m0/s1. The maximum atomic E-state index is 12.9. The van der Waals surface area contributed by atoms with Crippen LogP contribution in [0.2, 0.25) is 0 Å². The minimum atomic E-state index is -0.433. The first-order valence-corrected chi connectivity index (χ1v) is 10.8. The van der Waals surface area contributed by atoms with Gasteiger partial charge in [-0.1, -0.05) is 24.3 Å². The van der Waals surface area contributed by atoms with E-state index in [9.17, 15) is 9.59 Å². The molecule has 0 radical (unpaired) electrons. The lowest BCUT2D eigenvalue weighted by atomic mass is 10.1. The highest BCUT2D eigenvalue weighted by atomic mass is 32.1. The molecule has 7 heteroatoms. The van der Waals surface area contributed by atoms with Gasteiger partial charge >= 0.3 is 0 Å². The Morgan fingerprint density at radius 2 is 1.93 bits per heavy atom. The number of carbonyl (C=O) groups excluding carboxylic acids is 2. The molecule has 0 aliphatic carbocycles. The first-order chi connectivity index (χ1) is 14.7. The van der Waals surface area contributed by atoms with Crippen LogP contribution in [0.1, 0.15) is 22.5 Å². The number of hydrogen-bond donors (Lipinski definition) is 1. The molecule has 150 valence electrons. The van der Waals surface area contributed by atoms with Crippen molar-refractivity contribution in [1.29, 1.82) is 0 Å². The molecule has 6 nitrogen and oxygen atoms in total. The highest BCUT2D eigenvalue weighted by Crippen LogP contribution is 2.25. The average Bonchev–Trinajstić information content (AvgIpc) is 3.54. The molecule has 4 aromatic rings. The molecule has 3 aromatic heterocycles. The molecule has 1 aliphatic rings. The largest absolute Gasteiger partial charge is 0.326 e. The van der Waals surface area contributed by atoms with Gasteiger partial charge in [0, 0.05) is 30.2 Å². The Bertz CT molecular complexity index is 1160. The van der Waals surface area contributed by atoms with Gasteiger partial charge in [0.1, 0.15) is 11.7 Å². The molecule has 2 amide bonds. The van der Waals surface area contributed by atoms with E-state index in [1.54, 1.807) is 11.0 Å². The average molecular weight is 417 g/mol. The lowest BCUT2D eigenvalue weighted by molar-refractivity contribution is -0.119. The summed E-state index contributed by atoms with van der Waals surface area (Å²) >= 11 is 1.41. The lowest BCUT2D eigenvalue weighted by Crippen LogP contribution is -2.42. The lowest BCUT2D eigenvalue weighted by Gasteiger charge is -2.23. The summed E-state index contributed by atoms with van der Waals surface area (Å²) in [6.45, 7) is 0.613. The van der Waals surface area contributed by atoms with Gasteiger partial charge < -0.3 is 14.6 Å². The molecule has 4 heterocycles. The highest BCUT2D eigenvalue weighted by molar-refractivity contribution is 7.12. The van der Waals surface area contributed by atoms with E-state index < -0.39 is 6.04 Å². The minimum Gasteiger partial charge on any atom is -0.326 e. The van der Waals surface area contributed by atoms with Gasteiger partial charge in [0.05, 0.1) is 10.6 Å². The summed E-state index contributed by atoms with van der Waals surface area (Å²) in [4.78, 5) is 32.5. The fraction of sp³-hybridized carbons (Fsp3) is 0.174. The predicted molar refractivity (Wildman–Crippen MR) is 118 cm³/mol. The van der Waals surface area contributed by atoms with Crippen LogP contribution in [0.4, 0.5) is 5.69 Å². The number of pyridine rings is 1. The number of carbonyl (C=O) groups is 2. The van der Waals surface area contributed by atoms with Crippen molar-refractivity contribution in [3.05, 3.63) is 77.2 Å². The Morgan fingerprint density at radius 1 is 1.07 bits per heavy atom. The van der Waals surface area contributed by atoms with Crippen molar-refractivity contribution in [3.63, 3.8) is 0 Å². The predicted octanol–water partition coefficient (Wildman–Crippen LogP) is 4.31. The molecular formula is C23H20N4O2S. The summed E-state index contributed by atoms with van der Waals surface area (Å²) in [6, 6.07) is 16.7. The van der Waals surface area contributed by atoms with Crippen LogP contribution >= 0.6 is 11.3 Å². The number of imidazole rings is 1. The second kappa shape index (κ2) is 7.76. The Morgan fingerprint density at radius 3 is 2.70 bits per heavy atom. The number of thiophene rings is 1. The zero-order chi connectivity index (χ0) is 20.5. The number of likely N-dealkylation sites (tertiary alicyclic amines) is 1. The Hall–Kier alpha value is -3.45. The van der Waals surface area contributed by atoms with E-state index in [0.717, 1.165) is 23.3 Å². The number of hydrogen-bond acceptors (Lipinski definition) is 4. The Labute approximate surface area is 177 Å². The SMILES string of the molecule is O=C(Nc1ccc(-c2cn3ccccc3n2)cc1)[C@@H]1CCCN1C(=O)c1cccs1. The molecule has 1 saturated heterocycles.